The summed E-state index contributed by atoms with van der Waals surface area (Å²) < 4.78 is 25.6. The molecule has 1 aromatic carbocycles. The lowest BCUT2D eigenvalue weighted by molar-refractivity contribution is -0.385. The summed E-state index contributed by atoms with van der Waals surface area (Å²) in [5.74, 6) is 2.26. The molecule has 0 bridgehead atoms. The molecule has 1 rings (SSSR count). The second kappa shape index (κ2) is 5.82. The van der Waals surface area contributed by atoms with Crippen molar-refractivity contribution in [3.63, 3.8) is 0 Å². The summed E-state index contributed by atoms with van der Waals surface area (Å²) in [6.45, 7) is 3.33. The maximum Gasteiger partial charge on any atom is 0.273 e. The van der Waals surface area contributed by atoms with Crippen LogP contribution in [0.4, 0.5) is 5.69 Å². The molecule has 0 heterocycles. The van der Waals surface area contributed by atoms with Crippen molar-refractivity contribution in [3.05, 3.63) is 33.9 Å². The lowest BCUT2D eigenvalue weighted by Gasteiger charge is -2.17. The zero-order valence-corrected chi connectivity index (χ0v) is 11.5. The van der Waals surface area contributed by atoms with Crippen molar-refractivity contribution in [2.24, 2.45) is 0 Å². The van der Waals surface area contributed by atoms with Gasteiger partial charge in [-0.3, -0.25) is 10.1 Å². The zero-order chi connectivity index (χ0) is 14.6. The van der Waals surface area contributed by atoms with Crippen LogP contribution in [0, 0.1) is 29.4 Å². The molecule has 0 unspecified atom stereocenters. The first-order valence-corrected chi connectivity index (χ1v) is 6.97. The highest BCUT2D eigenvalue weighted by molar-refractivity contribution is 7.89. The zero-order valence-electron chi connectivity index (χ0n) is 10.7. The quantitative estimate of drug-likeness (QED) is 0.466. The smallest absolute Gasteiger partial charge is 0.258 e. The van der Waals surface area contributed by atoms with Gasteiger partial charge in [0.05, 0.1) is 16.4 Å². The van der Waals surface area contributed by atoms with Crippen molar-refractivity contribution >= 4 is 15.7 Å². The molecule has 0 atom stereocenters. The van der Waals surface area contributed by atoms with Crippen LogP contribution < -0.4 is 0 Å². The highest BCUT2D eigenvalue weighted by atomic mass is 32.2. The predicted octanol–water partition coefficient (Wildman–Crippen LogP) is 1.55. The minimum atomic E-state index is -3.80. The molecule has 0 aliphatic carbocycles. The third kappa shape index (κ3) is 3.10. The number of hydrogen-bond donors (Lipinski definition) is 0. The third-order valence-corrected chi connectivity index (χ3v) is 4.55. The van der Waals surface area contributed by atoms with E-state index in [2.05, 4.69) is 5.92 Å². The molecule has 6 nitrogen and oxygen atoms in total. The fourth-order valence-corrected chi connectivity index (χ4v) is 2.95. The normalized spacial score (nSPS) is 11.3. The van der Waals surface area contributed by atoms with Gasteiger partial charge in [-0.15, -0.1) is 6.42 Å². The highest BCUT2D eigenvalue weighted by Gasteiger charge is 2.25. The Hall–Kier alpha value is -1.91. The minimum Gasteiger partial charge on any atom is -0.258 e. The summed E-state index contributed by atoms with van der Waals surface area (Å²) in [6.07, 6.45) is 5.12. The molecular formula is C12H14N2O4S. The molecule has 19 heavy (non-hydrogen) atoms. The van der Waals surface area contributed by atoms with Crippen LogP contribution in [-0.2, 0) is 10.0 Å². The maximum atomic E-state index is 12.2. The lowest BCUT2D eigenvalue weighted by Crippen LogP contribution is -2.31. The predicted molar refractivity (Wildman–Crippen MR) is 71.1 cm³/mol. The van der Waals surface area contributed by atoms with Crippen LogP contribution in [0.15, 0.2) is 23.1 Å². The van der Waals surface area contributed by atoms with Gasteiger partial charge in [-0.25, -0.2) is 8.42 Å². The van der Waals surface area contributed by atoms with Crippen LogP contribution >= 0.6 is 0 Å². The Morgan fingerprint density at radius 1 is 1.47 bits per heavy atom. The molecule has 0 radical (unpaired) electrons. The van der Waals surface area contributed by atoms with Gasteiger partial charge in [0.1, 0.15) is 0 Å². The van der Waals surface area contributed by atoms with Crippen molar-refractivity contribution < 1.29 is 13.3 Å². The van der Waals surface area contributed by atoms with Gasteiger partial charge < -0.3 is 0 Å². The molecule has 0 aliphatic heterocycles. The van der Waals surface area contributed by atoms with Crippen molar-refractivity contribution in [1.29, 1.82) is 0 Å². The van der Waals surface area contributed by atoms with E-state index in [1.54, 1.807) is 13.8 Å². The number of nitro groups is 1. The van der Waals surface area contributed by atoms with E-state index in [0.29, 0.717) is 5.56 Å². The molecule has 0 aromatic heterocycles. The van der Waals surface area contributed by atoms with Gasteiger partial charge in [0.25, 0.3) is 5.69 Å². The maximum absolute atomic E-state index is 12.2. The Morgan fingerprint density at radius 3 is 2.58 bits per heavy atom. The van der Waals surface area contributed by atoms with Crippen molar-refractivity contribution in [2.75, 3.05) is 13.1 Å². The molecule has 102 valence electrons. The van der Waals surface area contributed by atoms with E-state index in [1.807, 2.05) is 0 Å². The van der Waals surface area contributed by atoms with Crippen LogP contribution in [0.2, 0.25) is 0 Å². The Balaban J connectivity index is 3.34. The molecule has 7 heteroatoms. The Morgan fingerprint density at radius 2 is 2.11 bits per heavy atom. The van der Waals surface area contributed by atoms with Crippen LogP contribution in [0.3, 0.4) is 0 Å². The minimum absolute atomic E-state index is 0.0689. The monoisotopic (exact) mass is 282 g/mol. The first kappa shape index (κ1) is 15.1. The van der Waals surface area contributed by atoms with E-state index in [-0.39, 0.29) is 23.7 Å². The fraction of sp³-hybridized carbons (Fsp3) is 0.333. The summed E-state index contributed by atoms with van der Waals surface area (Å²) in [6, 6.07) is 3.81. The second-order valence-electron chi connectivity index (χ2n) is 3.84. The lowest BCUT2D eigenvalue weighted by atomic mass is 10.2. The molecule has 0 aliphatic rings. The van der Waals surface area contributed by atoms with E-state index in [0.717, 1.165) is 10.4 Å². The van der Waals surface area contributed by atoms with E-state index in [9.17, 15) is 18.5 Å². The molecule has 0 saturated heterocycles. The average Bonchev–Trinajstić information content (AvgIpc) is 2.35. The number of aryl methyl sites for hydroxylation is 1. The summed E-state index contributed by atoms with van der Waals surface area (Å²) in [4.78, 5) is 10.1. The van der Waals surface area contributed by atoms with Gasteiger partial charge in [0.2, 0.25) is 10.0 Å². The highest BCUT2D eigenvalue weighted by Crippen LogP contribution is 2.24. The molecular weight excluding hydrogens is 268 g/mol. The van der Waals surface area contributed by atoms with E-state index >= 15 is 0 Å². The first-order valence-electron chi connectivity index (χ1n) is 5.53. The van der Waals surface area contributed by atoms with Gasteiger partial charge in [-0.05, 0) is 13.0 Å². The number of rotatable bonds is 5. The van der Waals surface area contributed by atoms with Crippen LogP contribution in [-0.4, -0.2) is 30.7 Å². The van der Waals surface area contributed by atoms with Crippen LogP contribution in [0.5, 0.6) is 0 Å². The average molecular weight is 282 g/mol. The Kier molecular flexibility index (Phi) is 4.64. The summed E-state index contributed by atoms with van der Waals surface area (Å²) in [5.41, 5.74) is 0.182. The third-order valence-electron chi connectivity index (χ3n) is 2.64. The van der Waals surface area contributed by atoms with E-state index in [4.69, 9.17) is 6.42 Å². The molecule has 1 aromatic rings. The van der Waals surface area contributed by atoms with Gasteiger partial charge in [-0.2, -0.15) is 4.31 Å². The molecule has 0 amide bonds. The summed E-state index contributed by atoms with van der Waals surface area (Å²) in [7, 11) is -3.80. The number of terminal acetylenes is 1. The number of benzene rings is 1. The standard InChI is InChI=1S/C12H14N2O4S/c1-4-8-13(5-2)19(17,18)11-7-6-10(3)12(9-11)14(15)16/h1,6-7,9H,5,8H2,2-3H3. The van der Waals surface area contributed by atoms with Gasteiger partial charge in [-0.1, -0.05) is 18.9 Å². The van der Waals surface area contributed by atoms with Gasteiger partial charge in [0.15, 0.2) is 0 Å². The Labute approximate surface area is 112 Å². The topological polar surface area (TPSA) is 80.5 Å². The number of sulfonamides is 1. The largest absolute Gasteiger partial charge is 0.273 e. The summed E-state index contributed by atoms with van der Waals surface area (Å²) >= 11 is 0. The molecule has 0 N–H and O–H groups in total. The fourth-order valence-electron chi connectivity index (χ4n) is 1.56. The number of nitro benzene ring substituents is 1. The SMILES string of the molecule is C#CCN(CC)S(=O)(=O)c1ccc(C)c([N+](=O)[O-])c1. The number of nitrogens with zero attached hydrogens (tertiary/aromatic N) is 2. The van der Waals surface area contributed by atoms with Crippen LogP contribution in [0.25, 0.3) is 0 Å². The second-order valence-corrected chi connectivity index (χ2v) is 5.78. The van der Waals surface area contributed by atoms with Gasteiger partial charge >= 0.3 is 0 Å². The molecule has 0 spiro atoms. The van der Waals surface area contributed by atoms with Gasteiger partial charge in [0, 0.05) is 18.2 Å². The van der Waals surface area contributed by atoms with Crippen molar-refractivity contribution in [2.45, 2.75) is 18.7 Å². The van der Waals surface area contributed by atoms with Crippen LogP contribution in [0.1, 0.15) is 12.5 Å². The molecule has 0 fully saturated rings. The van der Waals surface area contributed by atoms with E-state index in [1.165, 1.54) is 12.1 Å². The first-order chi connectivity index (χ1) is 8.84. The Bertz CT molecular complexity index is 632. The molecule has 0 saturated carbocycles. The number of hydrogen-bond acceptors (Lipinski definition) is 4. The van der Waals surface area contributed by atoms with Crippen molar-refractivity contribution in [3.8, 4) is 12.3 Å². The van der Waals surface area contributed by atoms with E-state index < -0.39 is 14.9 Å². The van der Waals surface area contributed by atoms with Crippen molar-refractivity contribution in [1.82, 2.24) is 4.31 Å². The summed E-state index contributed by atoms with van der Waals surface area (Å²) in [5, 5.41) is 10.8.